The summed E-state index contributed by atoms with van der Waals surface area (Å²) in [4.78, 5) is 5.03. The molecule has 1 heterocycles. The van der Waals surface area contributed by atoms with Crippen LogP contribution in [0.15, 0.2) is 24.3 Å². The van der Waals surface area contributed by atoms with E-state index in [4.69, 9.17) is 17.3 Å². The summed E-state index contributed by atoms with van der Waals surface area (Å²) in [5, 5.41) is 0.806. The highest BCUT2D eigenvalue weighted by Gasteiger charge is 2.32. The molecule has 4 heteroatoms. The van der Waals surface area contributed by atoms with Crippen molar-refractivity contribution in [3.8, 4) is 0 Å². The van der Waals surface area contributed by atoms with Crippen LogP contribution in [0.25, 0.3) is 0 Å². The summed E-state index contributed by atoms with van der Waals surface area (Å²) in [6.45, 7) is 4.51. The van der Waals surface area contributed by atoms with Crippen LogP contribution in [0.3, 0.4) is 0 Å². The Labute approximate surface area is 114 Å². The fourth-order valence-corrected chi connectivity index (χ4v) is 3.05. The van der Waals surface area contributed by atoms with E-state index in [1.54, 1.807) is 0 Å². The monoisotopic (exact) mass is 265 g/mol. The lowest BCUT2D eigenvalue weighted by Gasteiger charge is -2.45. The van der Waals surface area contributed by atoms with Gasteiger partial charge in [0.05, 0.1) is 0 Å². The molecule has 18 heavy (non-hydrogen) atoms. The molecule has 0 bridgehead atoms. The molecule has 1 saturated heterocycles. The van der Waals surface area contributed by atoms with Crippen LogP contribution in [0.5, 0.6) is 0 Å². The number of rotatable bonds is 2. The maximum absolute atomic E-state index is 5.92. The molecule has 0 radical (unpaired) electrons. The average Bonchev–Trinajstić information content (AvgIpc) is 2.36. The molecule has 3 rings (SSSR count). The van der Waals surface area contributed by atoms with Crippen LogP contribution in [-0.2, 0) is 0 Å². The summed E-state index contributed by atoms with van der Waals surface area (Å²) in [5.74, 6) is 0. The fraction of sp³-hybridized carbons (Fsp3) is 0.571. The first kappa shape index (κ1) is 12.3. The van der Waals surface area contributed by atoms with E-state index in [0.29, 0.717) is 6.04 Å². The van der Waals surface area contributed by atoms with Crippen molar-refractivity contribution in [3.63, 3.8) is 0 Å². The molecule has 1 aliphatic heterocycles. The number of nitrogens with two attached hydrogens (primary N) is 1. The minimum absolute atomic E-state index is 0.448. The molecule has 1 aliphatic carbocycles. The highest BCUT2D eigenvalue weighted by atomic mass is 35.5. The molecule has 1 aromatic carbocycles. The van der Waals surface area contributed by atoms with Gasteiger partial charge in [0.2, 0.25) is 0 Å². The average molecular weight is 266 g/mol. The normalized spacial score (nSPS) is 29.1. The van der Waals surface area contributed by atoms with Crippen molar-refractivity contribution in [3.05, 3.63) is 29.3 Å². The van der Waals surface area contributed by atoms with Gasteiger partial charge in [-0.3, -0.25) is 4.90 Å². The minimum Gasteiger partial charge on any atom is -0.369 e. The Morgan fingerprint density at radius 1 is 1.00 bits per heavy atom. The molecule has 3 nitrogen and oxygen atoms in total. The predicted octanol–water partition coefficient (Wildman–Crippen LogP) is 1.95. The Morgan fingerprint density at radius 2 is 1.61 bits per heavy atom. The van der Waals surface area contributed by atoms with Crippen molar-refractivity contribution in [2.24, 2.45) is 5.73 Å². The molecule has 1 aromatic rings. The Kier molecular flexibility index (Phi) is 3.46. The zero-order valence-corrected chi connectivity index (χ0v) is 11.3. The number of nitrogens with zero attached hydrogens (tertiary/aromatic N) is 2. The molecular weight excluding hydrogens is 246 g/mol. The van der Waals surface area contributed by atoms with Crippen LogP contribution in [-0.4, -0.2) is 43.2 Å². The molecule has 2 N–H and O–H groups in total. The van der Waals surface area contributed by atoms with Gasteiger partial charge in [-0.2, -0.15) is 0 Å². The van der Waals surface area contributed by atoms with Crippen molar-refractivity contribution in [1.29, 1.82) is 0 Å². The highest BCUT2D eigenvalue weighted by Crippen LogP contribution is 2.26. The Morgan fingerprint density at radius 3 is 2.17 bits per heavy atom. The van der Waals surface area contributed by atoms with E-state index >= 15 is 0 Å². The number of hydrogen-bond acceptors (Lipinski definition) is 3. The van der Waals surface area contributed by atoms with Crippen LogP contribution in [0, 0.1) is 0 Å². The molecule has 0 unspecified atom stereocenters. The number of hydrogen-bond donors (Lipinski definition) is 1. The van der Waals surface area contributed by atoms with Gasteiger partial charge in [0.1, 0.15) is 0 Å². The van der Waals surface area contributed by atoms with Gasteiger partial charge in [0.25, 0.3) is 0 Å². The maximum Gasteiger partial charge on any atom is 0.0407 e. The third-order valence-corrected chi connectivity index (χ3v) is 4.42. The van der Waals surface area contributed by atoms with E-state index in [1.165, 1.54) is 18.5 Å². The van der Waals surface area contributed by atoms with Gasteiger partial charge in [-0.15, -0.1) is 0 Å². The highest BCUT2D eigenvalue weighted by molar-refractivity contribution is 6.30. The number of benzene rings is 1. The molecule has 0 atom stereocenters. The van der Waals surface area contributed by atoms with E-state index in [2.05, 4.69) is 21.9 Å². The van der Waals surface area contributed by atoms with E-state index in [-0.39, 0.29) is 0 Å². The van der Waals surface area contributed by atoms with Gasteiger partial charge in [-0.1, -0.05) is 11.6 Å². The van der Waals surface area contributed by atoms with Crippen LogP contribution in [0.1, 0.15) is 12.8 Å². The summed E-state index contributed by atoms with van der Waals surface area (Å²) in [5.41, 5.74) is 7.14. The number of halogens is 1. The first-order valence-corrected chi connectivity index (χ1v) is 7.10. The smallest absolute Gasteiger partial charge is 0.0407 e. The molecule has 98 valence electrons. The van der Waals surface area contributed by atoms with Gasteiger partial charge in [0.15, 0.2) is 0 Å². The van der Waals surface area contributed by atoms with Crippen molar-refractivity contribution in [2.45, 2.75) is 24.9 Å². The largest absolute Gasteiger partial charge is 0.369 e. The summed E-state index contributed by atoms with van der Waals surface area (Å²) in [7, 11) is 0. The van der Waals surface area contributed by atoms with E-state index < -0.39 is 0 Å². The van der Waals surface area contributed by atoms with Crippen molar-refractivity contribution < 1.29 is 0 Å². The lowest BCUT2D eigenvalue weighted by Crippen LogP contribution is -2.56. The lowest BCUT2D eigenvalue weighted by atomic mass is 9.86. The standard InChI is InChI=1S/C14H20ClN3/c15-11-1-3-13(4-2-11)17-5-7-18(8-6-17)14-9-12(16)10-14/h1-4,12,14H,5-10,16H2. The SMILES string of the molecule is NC1CC(N2CCN(c3ccc(Cl)cc3)CC2)C1. The minimum atomic E-state index is 0.448. The summed E-state index contributed by atoms with van der Waals surface area (Å²) in [6.07, 6.45) is 2.36. The topological polar surface area (TPSA) is 32.5 Å². The van der Waals surface area contributed by atoms with Gasteiger partial charge in [0, 0.05) is 49.0 Å². The Hall–Kier alpha value is -0.770. The second kappa shape index (κ2) is 5.08. The van der Waals surface area contributed by atoms with Crippen molar-refractivity contribution >= 4 is 17.3 Å². The molecule has 0 aromatic heterocycles. The second-order valence-electron chi connectivity index (χ2n) is 5.38. The summed E-state index contributed by atoms with van der Waals surface area (Å²) in [6, 6.07) is 9.34. The van der Waals surface area contributed by atoms with Crippen molar-refractivity contribution in [2.75, 3.05) is 31.1 Å². The first-order chi connectivity index (χ1) is 8.72. The summed E-state index contributed by atoms with van der Waals surface area (Å²) >= 11 is 5.92. The van der Waals surface area contributed by atoms with E-state index in [0.717, 1.165) is 37.2 Å². The third kappa shape index (κ3) is 2.48. The maximum atomic E-state index is 5.92. The molecule has 2 aliphatic rings. The van der Waals surface area contributed by atoms with Crippen LogP contribution in [0.4, 0.5) is 5.69 Å². The Bertz CT molecular complexity index is 392. The quantitative estimate of drug-likeness (QED) is 0.887. The zero-order valence-electron chi connectivity index (χ0n) is 10.6. The number of anilines is 1. The molecule has 2 fully saturated rings. The number of piperazine rings is 1. The molecule has 0 spiro atoms. The second-order valence-corrected chi connectivity index (χ2v) is 5.82. The predicted molar refractivity (Wildman–Crippen MR) is 76.2 cm³/mol. The molecule has 1 saturated carbocycles. The lowest BCUT2D eigenvalue weighted by molar-refractivity contribution is 0.104. The van der Waals surface area contributed by atoms with Gasteiger partial charge >= 0.3 is 0 Å². The third-order valence-electron chi connectivity index (χ3n) is 4.17. The summed E-state index contributed by atoms with van der Waals surface area (Å²) < 4.78 is 0. The van der Waals surface area contributed by atoms with Crippen LogP contribution < -0.4 is 10.6 Å². The van der Waals surface area contributed by atoms with Crippen LogP contribution in [0.2, 0.25) is 5.02 Å². The Balaban J connectivity index is 1.55. The van der Waals surface area contributed by atoms with E-state index in [9.17, 15) is 0 Å². The van der Waals surface area contributed by atoms with Crippen molar-refractivity contribution in [1.82, 2.24) is 4.90 Å². The zero-order chi connectivity index (χ0) is 12.5. The molecule has 0 amide bonds. The van der Waals surface area contributed by atoms with Gasteiger partial charge in [-0.25, -0.2) is 0 Å². The first-order valence-electron chi connectivity index (χ1n) is 6.72. The fourth-order valence-electron chi connectivity index (χ4n) is 2.93. The van der Waals surface area contributed by atoms with Gasteiger partial charge in [-0.05, 0) is 37.1 Å². The molecular formula is C14H20ClN3. The van der Waals surface area contributed by atoms with E-state index in [1.807, 2.05) is 12.1 Å². The van der Waals surface area contributed by atoms with Gasteiger partial charge < -0.3 is 10.6 Å². The van der Waals surface area contributed by atoms with Crippen LogP contribution >= 0.6 is 11.6 Å².